The number of benzene rings is 3. The number of ether oxygens (including phenoxy) is 1. The predicted octanol–water partition coefficient (Wildman–Crippen LogP) is 4.22. The molecule has 3 rings (SSSR count). The van der Waals surface area contributed by atoms with E-state index in [9.17, 15) is 17.6 Å². The Kier molecular flexibility index (Phi) is 6.60. The second-order valence-electron chi connectivity index (χ2n) is 7.10. The van der Waals surface area contributed by atoms with Gasteiger partial charge in [-0.05, 0) is 66.6 Å². The summed E-state index contributed by atoms with van der Waals surface area (Å²) in [4.78, 5) is 14.3. The van der Waals surface area contributed by atoms with Gasteiger partial charge in [-0.25, -0.2) is 12.8 Å². The monoisotopic (exact) mass is 442 g/mol. The van der Waals surface area contributed by atoms with Gasteiger partial charge in [0, 0.05) is 24.8 Å². The van der Waals surface area contributed by atoms with Crippen LogP contribution in [0.5, 0.6) is 5.75 Å². The number of carbonyl (C=O) groups is 1. The molecule has 31 heavy (non-hydrogen) atoms. The molecule has 0 aromatic heterocycles. The van der Waals surface area contributed by atoms with Gasteiger partial charge in [0.15, 0.2) is 0 Å². The number of nitrogens with zero attached hydrogens (tertiary/aromatic N) is 1. The predicted molar refractivity (Wildman–Crippen MR) is 117 cm³/mol. The van der Waals surface area contributed by atoms with E-state index in [4.69, 9.17) is 4.74 Å². The Balaban J connectivity index is 1.82. The zero-order chi connectivity index (χ0) is 22.6. The maximum atomic E-state index is 13.1. The number of sulfonamides is 1. The standard InChI is InChI=1S/C23H23FN2O4S/c1-16-4-7-18(23(27)26(2)15-17-5-8-19(24)9-6-17)14-22(16)31(28,29)25-20-10-12-21(30-3)13-11-20/h4-14,25H,15H2,1-3H3. The Labute approximate surface area is 181 Å². The van der Waals surface area contributed by atoms with Crippen LogP contribution in [0.25, 0.3) is 0 Å². The number of methoxy groups -OCH3 is 1. The van der Waals surface area contributed by atoms with E-state index >= 15 is 0 Å². The molecular weight excluding hydrogens is 419 g/mol. The van der Waals surface area contributed by atoms with Crippen LogP contribution in [-0.4, -0.2) is 33.4 Å². The van der Waals surface area contributed by atoms with Crippen molar-refractivity contribution in [2.45, 2.75) is 18.4 Å². The lowest BCUT2D eigenvalue weighted by Crippen LogP contribution is -2.26. The highest BCUT2D eigenvalue weighted by Crippen LogP contribution is 2.23. The van der Waals surface area contributed by atoms with Gasteiger partial charge < -0.3 is 9.64 Å². The number of amides is 1. The third-order valence-electron chi connectivity index (χ3n) is 4.75. The molecule has 1 amide bonds. The maximum Gasteiger partial charge on any atom is 0.262 e. The SMILES string of the molecule is COc1ccc(NS(=O)(=O)c2cc(C(=O)N(C)Cc3ccc(F)cc3)ccc2C)cc1. The minimum Gasteiger partial charge on any atom is -0.497 e. The highest BCUT2D eigenvalue weighted by atomic mass is 32.2. The first-order chi connectivity index (χ1) is 14.7. The Bertz CT molecular complexity index is 1180. The van der Waals surface area contributed by atoms with Crippen molar-refractivity contribution in [3.05, 3.63) is 89.2 Å². The van der Waals surface area contributed by atoms with E-state index in [0.29, 0.717) is 17.0 Å². The van der Waals surface area contributed by atoms with E-state index in [-0.39, 0.29) is 28.7 Å². The van der Waals surface area contributed by atoms with Crippen molar-refractivity contribution in [3.63, 3.8) is 0 Å². The Morgan fingerprint density at radius 3 is 2.29 bits per heavy atom. The first-order valence-corrected chi connectivity index (χ1v) is 11.0. The number of rotatable bonds is 7. The van der Waals surface area contributed by atoms with Crippen LogP contribution in [0.2, 0.25) is 0 Å². The fourth-order valence-electron chi connectivity index (χ4n) is 3.05. The molecule has 3 aromatic rings. The largest absolute Gasteiger partial charge is 0.497 e. The van der Waals surface area contributed by atoms with Gasteiger partial charge >= 0.3 is 0 Å². The van der Waals surface area contributed by atoms with Gasteiger partial charge in [-0.1, -0.05) is 18.2 Å². The molecule has 6 nitrogen and oxygen atoms in total. The maximum absolute atomic E-state index is 13.1. The minimum atomic E-state index is -3.91. The van der Waals surface area contributed by atoms with Gasteiger partial charge in [-0.15, -0.1) is 0 Å². The van der Waals surface area contributed by atoms with E-state index in [2.05, 4.69) is 4.72 Å². The lowest BCUT2D eigenvalue weighted by Gasteiger charge is -2.18. The fourth-order valence-corrected chi connectivity index (χ4v) is 4.38. The summed E-state index contributed by atoms with van der Waals surface area (Å²) in [6, 6.07) is 16.9. The first-order valence-electron chi connectivity index (χ1n) is 9.47. The molecule has 0 radical (unpaired) electrons. The topological polar surface area (TPSA) is 75.7 Å². The average Bonchev–Trinajstić information content (AvgIpc) is 2.75. The highest BCUT2D eigenvalue weighted by Gasteiger charge is 2.21. The smallest absolute Gasteiger partial charge is 0.262 e. The van der Waals surface area contributed by atoms with E-state index in [1.165, 1.54) is 30.2 Å². The lowest BCUT2D eigenvalue weighted by molar-refractivity contribution is 0.0785. The van der Waals surface area contributed by atoms with Gasteiger partial charge in [0.2, 0.25) is 0 Å². The number of nitrogens with one attached hydrogen (secondary N) is 1. The van der Waals surface area contributed by atoms with Crippen LogP contribution in [-0.2, 0) is 16.6 Å². The first kappa shape index (κ1) is 22.3. The molecular formula is C23H23FN2O4S. The van der Waals surface area contributed by atoms with Gasteiger partial charge in [-0.2, -0.15) is 0 Å². The molecule has 0 atom stereocenters. The molecule has 0 spiro atoms. The van der Waals surface area contributed by atoms with E-state index in [0.717, 1.165) is 5.56 Å². The molecule has 0 saturated carbocycles. The summed E-state index contributed by atoms with van der Waals surface area (Å²) in [6.07, 6.45) is 0. The summed E-state index contributed by atoms with van der Waals surface area (Å²) in [5.74, 6) is -0.0865. The second-order valence-corrected chi connectivity index (χ2v) is 8.75. The summed E-state index contributed by atoms with van der Waals surface area (Å²) in [6.45, 7) is 1.93. The van der Waals surface area contributed by atoms with E-state index in [1.54, 1.807) is 62.5 Å². The van der Waals surface area contributed by atoms with Crippen molar-refractivity contribution in [2.75, 3.05) is 18.9 Å². The van der Waals surface area contributed by atoms with Crippen molar-refractivity contribution < 1.29 is 22.3 Å². The highest BCUT2D eigenvalue weighted by molar-refractivity contribution is 7.92. The fraction of sp³-hybridized carbons (Fsp3) is 0.174. The van der Waals surface area contributed by atoms with Crippen LogP contribution < -0.4 is 9.46 Å². The Hall–Kier alpha value is -3.39. The normalized spacial score (nSPS) is 11.1. The molecule has 0 aliphatic carbocycles. The molecule has 0 heterocycles. The summed E-state index contributed by atoms with van der Waals surface area (Å²) >= 11 is 0. The van der Waals surface area contributed by atoms with Crippen LogP contribution in [0.1, 0.15) is 21.5 Å². The summed E-state index contributed by atoms with van der Waals surface area (Å²) in [7, 11) is -0.780. The summed E-state index contributed by atoms with van der Waals surface area (Å²) in [5, 5.41) is 0. The van der Waals surface area contributed by atoms with Crippen LogP contribution in [0.3, 0.4) is 0 Å². The molecule has 0 aliphatic heterocycles. The minimum absolute atomic E-state index is 0.0179. The number of anilines is 1. The number of halogens is 1. The number of hydrogen-bond donors (Lipinski definition) is 1. The van der Waals surface area contributed by atoms with Crippen molar-refractivity contribution in [1.29, 1.82) is 0 Å². The average molecular weight is 443 g/mol. The summed E-state index contributed by atoms with van der Waals surface area (Å²) in [5.41, 5.74) is 1.90. The molecule has 0 unspecified atom stereocenters. The third kappa shape index (κ3) is 5.40. The molecule has 162 valence electrons. The molecule has 0 saturated heterocycles. The van der Waals surface area contributed by atoms with Gasteiger partial charge in [0.05, 0.1) is 12.0 Å². The van der Waals surface area contributed by atoms with Crippen molar-refractivity contribution in [2.24, 2.45) is 0 Å². The molecule has 1 N–H and O–H groups in total. The summed E-state index contributed by atoms with van der Waals surface area (Å²) < 4.78 is 46.6. The molecule has 0 fully saturated rings. The van der Waals surface area contributed by atoms with Crippen LogP contribution in [0.4, 0.5) is 10.1 Å². The second kappa shape index (κ2) is 9.18. The third-order valence-corrected chi connectivity index (χ3v) is 6.27. The molecule has 8 heteroatoms. The van der Waals surface area contributed by atoms with Gasteiger partial charge in [0.25, 0.3) is 15.9 Å². The van der Waals surface area contributed by atoms with Gasteiger partial charge in [-0.3, -0.25) is 9.52 Å². The van der Waals surface area contributed by atoms with Crippen molar-refractivity contribution in [3.8, 4) is 5.75 Å². The zero-order valence-electron chi connectivity index (χ0n) is 17.4. The zero-order valence-corrected chi connectivity index (χ0v) is 18.2. The molecule has 0 bridgehead atoms. The van der Waals surface area contributed by atoms with Gasteiger partial charge in [0.1, 0.15) is 11.6 Å². The number of aryl methyl sites for hydroxylation is 1. The number of hydrogen-bond acceptors (Lipinski definition) is 4. The van der Waals surface area contributed by atoms with Crippen LogP contribution >= 0.6 is 0 Å². The quantitative estimate of drug-likeness (QED) is 0.595. The number of carbonyl (C=O) groups excluding carboxylic acids is 1. The Morgan fingerprint density at radius 1 is 1.03 bits per heavy atom. The van der Waals surface area contributed by atoms with Crippen molar-refractivity contribution >= 4 is 21.6 Å². The molecule has 3 aromatic carbocycles. The van der Waals surface area contributed by atoms with E-state index in [1.807, 2.05) is 0 Å². The van der Waals surface area contributed by atoms with Crippen LogP contribution in [0, 0.1) is 12.7 Å². The lowest BCUT2D eigenvalue weighted by atomic mass is 10.1. The van der Waals surface area contributed by atoms with E-state index < -0.39 is 10.0 Å². The van der Waals surface area contributed by atoms with Crippen molar-refractivity contribution in [1.82, 2.24) is 4.90 Å². The molecule has 0 aliphatic rings. The van der Waals surface area contributed by atoms with Crippen LogP contribution in [0.15, 0.2) is 71.6 Å². The Morgan fingerprint density at radius 2 is 1.68 bits per heavy atom.